The lowest BCUT2D eigenvalue weighted by molar-refractivity contribution is 0.0697. The van der Waals surface area contributed by atoms with Crippen LogP contribution >= 0.6 is 0 Å². The number of nitrogens with zero attached hydrogens (tertiary/aromatic N) is 2. The summed E-state index contributed by atoms with van der Waals surface area (Å²) in [5.41, 5.74) is 2.45. The zero-order chi connectivity index (χ0) is 14.3. The van der Waals surface area contributed by atoms with E-state index in [-0.39, 0.29) is 5.56 Å². The van der Waals surface area contributed by atoms with Crippen molar-refractivity contribution in [1.82, 2.24) is 14.8 Å². The van der Waals surface area contributed by atoms with Crippen molar-refractivity contribution < 1.29 is 14.6 Å². The number of carboxylic acids is 1. The second-order valence-electron chi connectivity index (χ2n) is 4.45. The molecule has 3 aromatic rings. The minimum atomic E-state index is -0.990. The van der Waals surface area contributed by atoms with Gasteiger partial charge in [0.05, 0.1) is 19.0 Å². The zero-order valence-electron chi connectivity index (χ0n) is 11.0. The number of nitrogens with one attached hydrogen (secondary N) is 1. The van der Waals surface area contributed by atoms with Crippen LogP contribution in [0.15, 0.2) is 30.6 Å². The minimum absolute atomic E-state index is 0.184. The molecule has 0 saturated carbocycles. The highest BCUT2D eigenvalue weighted by Crippen LogP contribution is 2.32. The van der Waals surface area contributed by atoms with Crippen LogP contribution in [0.3, 0.4) is 0 Å². The highest BCUT2D eigenvalue weighted by Gasteiger charge is 2.19. The van der Waals surface area contributed by atoms with Crippen LogP contribution < -0.4 is 4.74 Å². The average Bonchev–Trinajstić information content (AvgIpc) is 3.01. The topological polar surface area (TPSA) is 80.1 Å². The number of carbonyl (C=O) groups is 1. The van der Waals surface area contributed by atoms with Crippen molar-refractivity contribution in [2.45, 2.75) is 0 Å². The van der Waals surface area contributed by atoms with Gasteiger partial charge < -0.3 is 14.8 Å². The minimum Gasteiger partial charge on any atom is -0.497 e. The SMILES string of the molecule is COc1ccc2c(-c3c(C(=O)O)cnn3C)c[nH]c2c1. The van der Waals surface area contributed by atoms with E-state index in [2.05, 4.69) is 10.1 Å². The molecule has 1 aromatic carbocycles. The largest absolute Gasteiger partial charge is 0.497 e. The number of aryl methyl sites for hydroxylation is 1. The monoisotopic (exact) mass is 271 g/mol. The van der Waals surface area contributed by atoms with E-state index in [4.69, 9.17) is 4.74 Å². The molecule has 0 atom stereocenters. The van der Waals surface area contributed by atoms with Crippen LogP contribution in [-0.4, -0.2) is 33.0 Å². The number of ether oxygens (including phenoxy) is 1. The van der Waals surface area contributed by atoms with E-state index in [1.165, 1.54) is 6.20 Å². The fourth-order valence-electron chi connectivity index (χ4n) is 2.34. The van der Waals surface area contributed by atoms with Crippen molar-refractivity contribution in [3.05, 3.63) is 36.2 Å². The Morgan fingerprint density at radius 2 is 2.25 bits per heavy atom. The highest BCUT2D eigenvalue weighted by molar-refractivity contribution is 6.02. The van der Waals surface area contributed by atoms with Gasteiger partial charge in [-0.05, 0) is 12.1 Å². The lowest BCUT2D eigenvalue weighted by Crippen LogP contribution is -2.00. The third-order valence-corrected chi connectivity index (χ3v) is 3.31. The van der Waals surface area contributed by atoms with Gasteiger partial charge in [0.1, 0.15) is 11.3 Å². The van der Waals surface area contributed by atoms with E-state index in [9.17, 15) is 9.90 Å². The number of H-pyrrole nitrogens is 1. The molecule has 2 aromatic heterocycles. The van der Waals surface area contributed by atoms with Gasteiger partial charge in [-0.3, -0.25) is 4.68 Å². The van der Waals surface area contributed by atoms with E-state index in [0.29, 0.717) is 5.69 Å². The van der Waals surface area contributed by atoms with Crippen LogP contribution in [0.25, 0.3) is 22.2 Å². The summed E-state index contributed by atoms with van der Waals surface area (Å²) in [4.78, 5) is 14.4. The average molecular weight is 271 g/mol. The quantitative estimate of drug-likeness (QED) is 0.765. The Morgan fingerprint density at radius 3 is 2.95 bits per heavy atom. The van der Waals surface area contributed by atoms with Crippen molar-refractivity contribution in [2.24, 2.45) is 7.05 Å². The van der Waals surface area contributed by atoms with Crippen LogP contribution in [-0.2, 0) is 7.05 Å². The van der Waals surface area contributed by atoms with Gasteiger partial charge in [-0.25, -0.2) is 4.79 Å². The summed E-state index contributed by atoms with van der Waals surface area (Å²) in [5, 5.41) is 14.2. The Bertz CT molecular complexity index is 801. The molecule has 20 heavy (non-hydrogen) atoms. The molecule has 0 bridgehead atoms. The first-order valence-electron chi connectivity index (χ1n) is 6.02. The number of rotatable bonds is 3. The molecule has 0 radical (unpaired) electrons. The molecule has 0 aliphatic heterocycles. The Hall–Kier alpha value is -2.76. The van der Waals surface area contributed by atoms with Crippen molar-refractivity contribution in [3.8, 4) is 17.0 Å². The molecule has 0 saturated heterocycles. The van der Waals surface area contributed by atoms with Crippen molar-refractivity contribution in [3.63, 3.8) is 0 Å². The Morgan fingerprint density at radius 1 is 1.45 bits per heavy atom. The number of aromatic carboxylic acids is 1. The van der Waals surface area contributed by atoms with Gasteiger partial charge in [-0.1, -0.05) is 0 Å². The molecule has 102 valence electrons. The number of hydrogen-bond donors (Lipinski definition) is 2. The van der Waals surface area contributed by atoms with Crippen molar-refractivity contribution in [2.75, 3.05) is 7.11 Å². The van der Waals surface area contributed by atoms with E-state index >= 15 is 0 Å². The summed E-state index contributed by atoms with van der Waals surface area (Å²) in [5.74, 6) is -0.245. The maximum Gasteiger partial charge on any atom is 0.339 e. The third-order valence-electron chi connectivity index (χ3n) is 3.31. The third kappa shape index (κ3) is 1.73. The maximum absolute atomic E-state index is 11.3. The first-order chi connectivity index (χ1) is 9.61. The smallest absolute Gasteiger partial charge is 0.339 e. The molecule has 0 amide bonds. The summed E-state index contributed by atoms with van der Waals surface area (Å²) < 4.78 is 6.74. The maximum atomic E-state index is 11.3. The Labute approximate surface area is 114 Å². The predicted molar refractivity (Wildman–Crippen MR) is 74.0 cm³/mol. The van der Waals surface area contributed by atoms with Crippen LogP contribution in [0.4, 0.5) is 0 Å². The standard InChI is InChI=1S/C14H13N3O3/c1-17-13(11(7-16-17)14(18)19)10-6-15-12-5-8(20-2)3-4-9(10)12/h3-7,15H,1-2H3,(H,18,19). The molecule has 3 rings (SSSR count). The number of aromatic nitrogens is 3. The van der Waals surface area contributed by atoms with E-state index < -0.39 is 5.97 Å². The van der Waals surface area contributed by atoms with Crippen LogP contribution in [0.5, 0.6) is 5.75 Å². The van der Waals surface area contributed by atoms with Gasteiger partial charge in [0.15, 0.2) is 0 Å². The highest BCUT2D eigenvalue weighted by atomic mass is 16.5. The molecule has 2 heterocycles. The molecule has 0 unspecified atom stereocenters. The number of benzene rings is 1. The molecule has 0 fully saturated rings. The van der Waals surface area contributed by atoms with Crippen molar-refractivity contribution >= 4 is 16.9 Å². The van der Waals surface area contributed by atoms with Gasteiger partial charge in [0.25, 0.3) is 0 Å². The van der Waals surface area contributed by atoms with Crippen LogP contribution in [0.1, 0.15) is 10.4 Å². The normalized spacial score (nSPS) is 10.9. The second-order valence-corrected chi connectivity index (χ2v) is 4.45. The van der Waals surface area contributed by atoms with Crippen LogP contribution in [0.2, 0.25) is 0 Å². The van der Waals surface area contributed by atoms with Crippen LogP contribution in [0, 0.1) is 0 Å². The summed E-state index contributed by atoms with van der Waals surface area (Å²) >= 11 is 0. The summed E-state index contributed by atoms with van der Waals surface area (Å²) in [6.07, 6.45) is 3.15. The first-order valence-corrected chi connectivity index (χ1v) is 6.02. The van der Waals surface area contributed by atoms with Crippen molar-refractivity contribution in [1.29, 1.82) is 0 Å². The molecule has 6 nitrogen and oxygen atoms in total. The fraction of sp³-hybridized carbons (Fsp3) is 0.143. The summed E-state index contributed by atoms with van der Waals surface area (Å²) in [7, 11) is 3.33. The first kappa shape index (κ1) is 12.3. The second kappa shape index (κ2) is 4.41. The van der Waals surface area contributed by atoms with E-state index in [1.807, 2.05) is 18.2 Å². The molecule has 2 N–H and O–H groups in total. The van der Waals surface area contributed by atoms with Gasteiger partial charge in [0.2, 0.25) is 0 Å². The number of aromatic amines is 1. The molecular formula is C14H13N3O3. The zero-order valence-corrected chi connectivity index (χ0v) is 11.0. The number of hydrogen-bond acceptors (Lipinski definition) is 3. The molecule has 0 spiro atoms. The van der Waals surface area contributed by atoms with Gasteiger partial charge in [0, 0.05) is 35.8 Å². The molecule has 6 heteroatoms. The Balaban J connectivity index is 2.25. The number of methoxy groups -OCH3 is 1. The predicted octanol–water partition coefficient (Wildman–Crippen LogP) is 2.28. The van der Waals surface area contributed by atoms with Gasteiger partial charge >= 0.3 is 5.97 Å². The number of carboxylic acid groups (broad SMARTS) is 1. The molecular weight excluding hydrogens is 258 g/mol. The lowest BCUT2D eigenvalue weighted by atomic mass is 10.1. The fourth-order valence-corrected chi connectivity index (χ4v) is 2.34. The summed E-state index contributed by atoms with van der Waals surface area (Å²) in [6.45, 7) is 0. The molecule has 0 aliphatic rings. The summed E-state index contributed by atoms with van der Waals surface area (Å²) in [6, 6.07) is 5.62. The van der Waals surface area contributed by atoms with Gasteiger partial charge in [-0.2, -0.15) is 5.10 Å². The van der Waals surface area contributed by atoms with Gasteiger partial charge in [-0.15, -0.1) is 0 Å². The molecule has 0 aliphatic carbocycles. The Kier molecular flexibility index (Phi) is 2.71. The van der Waals surface area contributed by atoms with E-state index in [1.54, 1.807) is 25.0 Å². The lowest BCUT2D eigenvalue weighted by Gasteiger charge is -2.03. The van der Waals surface area contributed by atoms with E-state index in [0.717, 1.165) is 22.2 Å². The number of fused-ring (bicyclic) bond motifs is 1.